The summed E-state index contributed by atoms with van der Waals surface area (Å²) in [5, 5.41) is 16.8. The van der Waals surface area contributed by atoms with E-state index in [1.807, 2.05) is 29.8 Å². The molecule has 29 heavy (non-hydrogen) atoms. The van der Waals surface area contributed by atoms with Crippen molar-refractivity contribution < 1.29 is 9.90 Å². The molecule has 1 fully saturated rings. The molecule has 8 heteroatoms. The van der Waals surface area contributed by atoms with Gasteiger partial charge in [-0.2, -0.15) is 0 Å². The number of benzene rings is 1. The van der Waals surface area contributed by atoms with Crippen LogP contribution in [0.15, 0.2) is 36.8 Å². The zero-order valence-electron chi connectivity index (χ0n) is 16.5. The van der Waals surface area contributed by atoms with Crippen LogP contribution in [0.3, 0.4) is 0 Å². The largest absolute Gasteiger partial charge is 0.393 e. The van der Waals surface area contributed by atoms with Gasteiger partial charge in [0.15, 0.2) is 0 Å². The Balaban J connectivity index is 1.46. The molecule has 0 bridgehead atoms. The lowest BCUT2D eigenvalue weighted by atomic mass is 9.93. The van der Waals surface area contributed by atoms with Crippen LogP contribution in [0, 0.1) is 6.92 Å². The van der Waals surface area contributed by atoms with Crippen molar-refractivity contribution in [3.05, 3.63) is 48.2 Å². The van der Waals surface area contributed by atoms with Crippen LogP contribution in [0.1, 0.15) is 41.9 Å². The van der Waals surface area contributed by atoms with E-state index in [9.17, 15) is 9.90 Å². The quantitative estimate of drug-likeness (QED) is 0.592. The molecule has 0 radical (unpaired) electrons. The SMILES string of the molecule is Cc1nccn1CCNC(=O)c1cccc2cnc(NC3CCC(O)CC3)nc12. The Morgan fingerprint density at radius 1 is 1.24 bits per heavy atom. The Kier molecular flexibility index (Phi) is 5.71. The van der Waals surface area contributed by atoms with E-state index in [0.717, 1.165) is 36.9 Å². The van der Waals surface area contributed by atoms with Crippen LogP contribution in [0.4, 0.5) is 5.95 Å². The van der Waals surface area contributed by atoms with Gasteiger partial charge in [-0.1, -0.05) is 12.1 Å². The molecule has 0 saturated heterocycles. The average molecular weight is 394 g/mol. The van der Waals surface area contributed by atoms with Crippen LogP contribution in [0.25, 0.3) is 10.9 Å². The predicted molar refractivity (Wildman–Crippen MR) is 111 cm³/mol. The number of para-hydroxylation sites is 1. The number of nitrogens with one attached hydrogen (secondary N) is 2. The number of aromatic nitrogens is 4. The van der Waals surface area contributed by atoms with Crippen LogP contribution in [-0.2, 0) is 6.54 Å². The lowest BCUT2D eigenvalue weighted by molar-refractivity contribution is 0.0953. The van der Waals surface area contributed by atoms with E-state index in [4.69, 9.17) is 0 Å². The maximum absolute atomic E-state index is 12.8. The van der Waals surface area contributed by atoms with Gasteiger partial charge in [-0.3, -0.25) is 4.79 Å². The van der Waals surface area contributed by atoms with Gasteiger partial charge < -0.3 is 20.3 Å². The molecule has 1 aliphatic rings. The van der Waals surface area contributed by atoms with Crippen molar-refractivity contribution in [3.8, 4) is 0 Å². The normalized spacial score (nSPS) is 19.2. The number of aryl methyl sites for hydroxylation is 1. The maximum atomic E-state index is 12.8. The molecule has 8 nitrogen and oxygen atoms in total. The van der Waals surface area contributed by atoms with Gasteiger partial charge in [0, 0.05) is 43.1 Å². The Hall–Kier alpha value is -3.00. The molecule has 0 spiro atoms. The van der Waals surface area contributed by atoms with Crippen molar-refractivity contribution in [1.82, 2.24) is 24.8 Å². The third-order valence-corrected chi connectivity index (χ3v) is 5.45. The van der Waals surface area contributed by atoms with Gasteiger partial charge in [-0.25, -0.2) is 15.0 Å². The summed E-state index contributed by atoms with van der Waals surface area (Å²) in [6.45, 7) is 3.11. The Morgan fingerprint density at radius 3 is 2.83 bits per heavy atom. The fourth-order valence-electron chi connectivity index (χ4n) is 3.74. The third-order valence-electron chi connectivity index (χ3n) is 5.45. The fourth-order valence-corrected chi connectivity index (χ4v) is 3.74. The summed E-state index contributed by atoms with van der Waals surface area (Å²) in [5.74, 6) is 1.29. The number of carbonyl (C=O) groups excluding carboxylic acids is 1. The van der Waals surface area contributed by atoms with Crippen molar-refractivity contribution >= 4 is 22.8 Å². The Labute approximate surface area is 169 Å². The summed E-state index contributed by atoms with van der Waals surface area (Å²) >= 11 is 0. The number of hydrogen-bond acceptors (Lipinski definition) is 6. The van der Waals surface area contributed by atoms with Gasteiger partial charge in [0.2, 0.25) is 5.95 Å². The van der Waals surface area contributed by atoms with Crippen LogP contribution in [0.2, 0.25) is 0 Å². The van der Waals surface area contributed by atoms with Gasteiger partial charge in [0.05, 0.1) is 17.2 Å². The van der Waals surface area contributed by atoms with Crippen LogP contribution in [-0.4, -0.2) is 49.2 Å². The van der Waals surface area contributed by atoms with Gasteiger partial charge in [-0.15, -0.1) is 0 Å². The molecule has 2 heterocycles. The van der Waals surface area contributed by atoms with E-state index in [1.54, 1.807) is 18.5 Å². The second-order valence-electron chi connectivity index (χ2n) is 7.51. The van der Waals surface area contributed by atoms with Crippen molar-refractivity contribution in [1.29, 1.82) is 0 Å². The molecule has 2 aromatic heterocycles. The second-order valence-corrected chi connectivity index (χ2v) is 7.51. The molecule has 1 amide bonds. The number of imidazole rings is 1. The first-order valence-corrected chi connectivity index (χ1v) is 10.1. The number of fused-ring (bicyclic) bond motifs is 1. The van der Waals surface area contributed by atoms with Crippen LogP contribution >= 0.6 is 0 Å². The maximum Gasteiger partial charge on any atom is 0.253 e. The zero-order valence-corrected chi connectivity index (χ0v) is 16.5. The summed E-state index contributed by atoms with van der Waals surface area (Å²) in [4.78, 5) is 26.0. The molecule has 152 valence electrons. The Morgan fingerprint density at radius 2 is 2.07 bits per heavy atom. The molecule has 0 atom stereocenters. The minimum Gasteiger partial charge on any atom is -0.393 e. The van der Waals surface area contributed by atoms with Crippen molar-refractivity contribution in [2.75, 3.05) is 11.9 Å². The molecule has 3 aromatic rings. The predicted octanol–water partition coefficient (Wildman–Crippen LogP) is 2.28. The van der Waals surface area contributed by atoms with Crippen LogP contribution in [0.5, 0.6) is 0 Å². The molecular formula is C21H26N6O2. The number of rotatable bonds is 6. The number of hydrogen-bond donors (Lipinski definition) is 3. The summed E-state index contributed by atoms with van der Waals surface area (Å²) in [7, 11) is 0. The highest BCUT2D eigenvalue weighted by Crippen LogP contribution is 2.22. The molecule has 0 aliphatic heterocycles. The highest BCUT2D eigenvalue weighted by atomic mass is 16.3. The van der Waals surface area contributed by atoms with Crippen molar-refractivity contribution in [2.45, 2.75) is 51.3 Å². The zero-order chi connectivity index (χ0) is 20.2. The molecular weight excluding hydrogens is 368 g/mol. The molecule has 1 aliphatic carbocycles. The Bertz CT molecular complexity index is 994. The fraction of sp³-hybridized carbons (Fsp3) is 0.429. The van der Waals surface area contributed by atoms with E-state index >= 15 is 0 Å². The topological polar surface area (TPSA) is 105 Å². The highest BCUT2D eigenvalue weighted by molar-refractivity contribution is 6.05. The minimum absolute atomic E-state index is 0.154. The number of amides is 1. The van der Waals surface area contributed by atoms with E-state index in [1.165, 1.54) is 0 Å². The number of aliphatic hydroxyl groups is 1. The van der Waals surface area contributed by atoms with Gasteiger partial charge in [0.1, 0.15) is 5.82 Å². The molecule has 0 unspecified atom stereocenters. The monoisotopic (exact) mass is 394 g/mol. The van der Waals surface area contributed by atoms with E-state index in [2.05, 4.69) is 25.6 Å². The van der Waals surface area contributed by atoms with E-state index in [-0.39, 0.29) is 18.1 Å². The first-order chi connectivity index (χ1) is 14.1. The summed E-state index contributed by atoms with van der Waals surface area (Å²) in [6, 6.07) is 5.78. The second kappa shape index (κ2) is 8.57. The van der Waals surface area contributed by atoms with Crippen molar-refractivity contribution in [3.63, 3.8) is 0 Å². The van der Waals surface area contributed by atoms with Gasteiger partial charge in [0.25, 0.3) is 5.91 Å². The van der Waals surface area contributed by atoms with E-state index < -0.39 is 0 Å². The third kappa shape index (κ3) is 4.54. The molecule has 1 saturated carbocycles. The van der Waals surface area contributed by atoms with Gasteiger partial charge >= 0.3 is 0 Å². The van der Waals surface area contributed by atoms with E-state index in [0.29, 0.717) is 30.1 Å². The number of carbonyl (C=O) groups is 1. The molecule has 1 aromatic carbocycles. The number of anilines is 1. The highest BCUT2D eigenvalue weighted by Gasteiger charge is 2.20. The number of nitrogens with zero attached hydrogens (tertiary/aromatic N) is 4. The minimum atomic E-state index is -0.202. The first kappa shape index (κ1) is 19.3. The lowest BCUT2D eigenvalue weighted by Crippen LogP contribution is -2.29. The van der Waals surface area contributed by atoms with Crippen LogP contribution < -0.4 is 10.6 Å². The first-order valence-electron chi connectivity index (χ1n) is 10.1. The average Bonchev–Trinajstić information content (AvgIpc) is 3.14. The summed E-state index contributed by atoms with van der Waals surface area (Å²) in [5.41, 5.74) is 1.17. The van der Waals surface area contributed by atoms with Crippen molar-refractivity contribution in [2.24, 2.45) is 0 Å². The molecule has 4 rings (SSSR count). The standard InChI is InChI=1S/C21H26N6O2/c1-14-22-9-11-27(14)12-10-23-20(29)18-4-2-3-15-13-24-21(26-19(15)18)25-16-5-7-17(28)8-6-16/h2-4,9,11,13,16-17,28H,5-8,10,12H2,1H3,(H,23,29)(H,24,25,26). The number of aliphatic hydroxyl groups excluding tert-OH is 1. The molecule has 3 N–H and O–H groups in total. The lowest BCUT2D eigenvalue weighted by Gasteiger charge is -2.26. The smallest absolute Gasteiger partial charge is 0.253 e. The van der Waals surface area contributed by atoms with Gasteiger partial charge in [-0.05, 0) is 38.7 Å². The summed E-state index contributed by atoms with van der Waals surface area (Å²) < 4.78 is 1.99. The summed E-state index contributed by atoms with van der Waals surface area (Å²) in [6.07, 6.45) is 8.54.